The third kappa shape index (κ3) is 2.69. The van der Waals surface area contributed by atoms with E-state index in [0.29, 0.717) is 11.5 Å². The monoisotopic (exact) mass is 283 g/mol. The standard InChI is InChI=1S/C13H21N3O2S/c14-12-5-1-4-11-8-15-13(16(11)12)7-10-3-2-6-19(17,18)9-10/h8,10,12H,1-7,9,14H2. The van der Waals surface area contributed by atoms with Crippen LogP contribution in [0, 0.1) is 5.92 Å². The number of hydrogen-bond donors (Lipinski definition) is 1. The van der Waals surface area contributed by atoms with Crippen molar-refractivity contribution in [1.29, 1.82) is 0 Å². The number of aryl methyl sites for hydroxylation is 1. The Morgan fingerprint density at radius 2 is 2.21 bits per heavy atom. The third-order valence-electron chi connectivity index (χ3n) is 4.24. The first-order valence-electron chi connectivity index (χ1n) is 7.06. The molecule has 3 rings (SSSR count). The number of imidazole rings is 1. The Kier molecular flexibility index (Phi) is 3.39. The summed E-state index contributed by atoms with van der Waals surface area (Å²) in [5.74, 6) is 1.84. The van der Waals surface area contributed by atoms with Gasteiger partial charge >= 0.3 is 0 Å². The molecule has 0 bridgehead atoms. The van der Waals surface area contributed by atoms with E-state index in [9.17, 15) is 8.42 Å². The lowest BCUT2D eigenvalue weighted by Crippen LogP contribution is -2.30. The normalized spacial score (nSPS) is 29.9. The Morgan fingerprint density at radius 1 is 1.37 bits per heavy atom. The number of aromatic nitrogens is 2. The molecular weight excluding hydrogens is 262 g/mol. The van der Waals surface area contributed by atoms with Crippen LogP contribution < -0.4 is 5.73 Å². The highest BCUT2D eigenvalue weighted by Gasteiger charge is 2.28. The van der Waals surface area contributed by atoms with Crippen LogP contribution in [0.4, 0.5) is 0 Å². The molecule has 2 atom stereocenters. The highest BCUT2D eigenvalue weighted by molar-refractivity contribution is 7.91. The second-order valence-electron chi connectivity index (χ2n) is 5.82. The fourth-order valence-corrected chi connectivity index (χ4v) is 5.11. The molecule has 2 aliphatic rings. The quantitative estimate of drug-likeness (QED) is 0.880. The minimum absolute atomic E-state index is 0.0152. The first-order valence-corrected chi connectivity index (χ1v) is 8.88. The van der Waals surface area contributed by atoms with E-state index in [0.717, 1.165) is 44.3 Å². The molecule has 2 aliphatic heterocycles. The van der Waals surface area contributed by atoms with Gasteiger partial charge in [0.2, 0.25) is 0 Å². The first kappa shape index (κ1) is 13.1. The van der Waals surface area contributed by atoms with Crippen LogP contribution in [0.3, 0.4) is 0 Å². The van der Waals surface area contributed by atoms with Gasteiger partial charge in [-0.3, -0.25) is 0 Å². The highest BCUT2D eigenvalue weighted by Crippen LogP contribution is 2.27. The van der Waals surface area contributed by atoms with E-state index in [-0.39, 0.29) is 12.1 Å². The number of nitrogens with two attached hydrogens (primary N) is 1. The van der Waals surface area contributed by atoms with Crippen molar-refractivity contribution in [3.63, 3.8) is 0 Å². The van der Waals surface area contributed by atoms with Crippen molar-refractivity contribution in [2.45, 2.75) is 44.7 Å². The largest absolute Gasteiger partial charge is 0.316 e. The van der Waals surface area contributed by atoms with Crippen LogP contribution in [-0.2, 0) is 22.7 Å². The lowest BCUT2D eigenvalue weighted by atomic mass is 10.0. The van der Waals surface area contributed by atoms with Gasteiger partial charge in [0.25, 0.3) is 0 Å². The Morgan fingerprint density at radius 3 is 3.00 bits per heavy atom. The molecule has 6 heteroatoms. The fourth-order valence-electron chi connectivity index (χ4n) is 3.34. The molecular formula is C13H21N3O2S. The maximum absolute atomic E-state index is 11.7. The van der Waals surface area contributed by atoms with Crippen molar-refractivity contribution in [2.24, 2.45) is 11.7 Å². The molecule has 5 nitrogen and oxygen atoms in total. The highest BCUT2D eigenvalue weighted by atomic mass is 32.2. The number of fused-ring (bicyclic) bond motifs is 1. The maximum Gasteiger partial charge on any atom is 0.150 e. The molecule has 0 aromatic carbocycles. The summed E-state index contributed by atoms with van der Waals surface area (Å²) in [7, 11) is -2.84. The van der Waals surface area contributed by atoms with Gasteiger partial charge in [-0.25, -0.2) is 13.4 Å². The van der Waals surface area contributed by atoms with E-state index in [4.69, 9.17) is 5.73 Å². The zero-order valence-corrected chi connectivity index (χ0v) is 11.9. The summed E-state index contributed by atoms with van der Waals surface area (Å²) in [4.78, 5) is 4.48. The summed E-state index contributed by atoms with van der Waals surface area (Å²) in [5, 5.41) is 0. The minimum Gasteiger partial charge on any atom is -0.316 e. The summed E-state index contributed by atoms with van der Waals surface area (Å²) < 4.78 is 25.5. The zero-order valence-electron chi connectivity index (χ0n) is 11.1. The molecule has 2 unspecified atom stereocenters. The van der Waals surface area contributed by atoms with Gasteiger partial charge in [0.1, 0.15) is 5.82 Å². The summed E-state index contributed by atoms with van der Waals surface area (Å²) in [6, 6.07) is 0. The van der Waals surface area contributed by atoms with Crippen LogP contribution in [0.2, 0.25) is 0 Å². The van der Waals surface area contributed by atoms with E-state index in [1.54, 1.807) is 0 Å². The molecule has 19 heavy (non-hydrogen) atoms. The number of nitrogens with zero attached hydrogens (tertiary/aromatic N) is 2. The van der Waals surface area contributed by atoms with Gasteiger partial charge in [-0.05, 0) is 38.0 Å². The van der Waals surface area contributed by atoms with Crippen LogP contribution >= 0.6 is 0 Å². The summed E-state index contributed by atoms with van der Waals surface area (Å²) in [6.07, 6.45) is 7.57. The van der Waals surface area contributed by atoms with E-state index in [1.807, 2.05) is 6.20 Å². The average molecular weight is 283 g/mol. The Hall–Kier alpha value is -0.880. The van der Waals surface area contributed by atoms with Crippen molar-refractivity contribution in [1.82, 2.24) is 9.55 Å². The Labute approximate surface area is 114 Å². The van der Waals surface area contributed by atoms with Gasteiger partial charge in [-0.1, -0.05) is 0 Å². The van der Waals surface area contributed by atoms with Crippen LogP contribution in [0.15, 0.2) is 6.20 Å². The van der Waals surface area contributed by atoms with Gasteiger partial charge in [-0.15, -0.1) is 0 Å². The number of hydrogen-bond acceptors (Lipinski definition) is 4. The predicted octanol–water partition coefficient (Wildman–Crippen LogP) is 1.04. The van der Waals surface area contributed by atoms with Gasteiger partial charge in [0.05, 0.1) is 17.7 Å². The van der Waals surface area contributed by atoms with Gasteiger partial charge < -0.3 is 10.3 Å². The molecule has 0 radical (unpaired) electrons. The fraction of sp³-hybridized carbons (Fsp3) is 0.769. The molecule has 1 saturated heterocycles. The van der Waals surface area contributed by atoms with Crippen molar-refractivity contribution in [3.05, 3.63) is 17.7 Å². The third-order valence-corrected chi connectivity index (χ3v) is 6.13. The van der Waals surface area contributed by atoms with Gasteiger partial charge in [0, 0.05) is 18.3 Å². The molecule has 3 heterocycles. The zero-order chi connectivity index (χ0) is 13.5. The lowest BCUT2D eigenvalue weighted by molar-refractivity contribution is 0.386. The Balaban J connectivity index is 1.79. The molecule has 1 aromatic heterocycles. The van der Waals surface area contributed by atoms with E-state index < -0.39 is 9.84 Å². The second kappa shape index (κ2) is 4.90. The number of sulfone groups is 1. The topological polar surface area (TPSA) is 78.0 Å². The average Bonchev–Trinajstić information content (AvgIpc) is 2.72. The van der Waals surface area contributed by atoms with Gasteiger partial charge in [0.15, 0.2) is 9.84 Å². The minimum atomic E-state index is -2.84. The predicted molar refractivity (Wildman–Crippen MR) is 73.5 cm³/mol. The smallest absolute Gasteiger partial charge is 0.150 e. The molecule has 0 spiro atoms. The molecule has 0 amide bonds. The summed E-state index contributed by atoms with van der Waals surface area (Å²) >= 11 is 0. The van der Waals surface area contributed by atoms with Crippen LogP contribution in [0.1, 0.15) is 43.4 Å². The van der Waals surface area contributed by atoms with Crippen LogP contribution in [-0.4, -0.2) is 29.5 Å². The SMILES string of the molecule is NC1CCCc2cnc(CC3CCCS(=O)(=O)C3)n21. The second-order valence-corrected chi connectivity index (χ2v) is 8.05. The summed E-state index contributed by atoms with van der Waals surface area (Å²) in [6.45, 7) is 0. The molecule has 0 aliphatic carbocycles. The molecule has 106 valence electrons. The van der Waals surface area contributed by atoms with Crippen molar-refractivity contribution >= 4 is 9.84 Å². The van der Waals surface area contributed by atoms with Crippen molar-refractivity contribution in [3.8, 4) is 0 Å². The summed E-state index contributed by atoms with van der Waals surface area (Å²) in [5.41, 5.74) is 7.36. The lowest BCUT2D eigenvalue weighted by Gasteiger charge is -2.26. The molecule has 0 saturated carbocycles. The molecule has 1 fully saturated rings. The number of rotatable bonds is 2. The van der Waals surface area contributed by atoms with Crippen LogP contribution in [0.25, 0.3) is 0 Å². The van der Waals surface area contributed by atoms with E-state index >= 15 is 0 Å². The van der Waals surface area contributed by atoms with E-state index in [2.05, 4.69) is 9.55 Å². The first-order chi connectivity index (χ1) is 9.05. The maximum atomic E-state index is 11.7. The van der Waals surface area contributed by atoms with E-state index in [1.165, 1.54) is 5.69 Å². The Bertz CT molecular complexity index is 564. The molecule has 2 N–H and O–H groups in total. The van der Waals surface area contributed by atoms with Gasteiger partial charge in [-0.2, -0.15) is 0 Å². The van der Waals surface area contributed by atoms with Crippen molar-refractivity contribution in [2.75, 3.05) is 11.5 Å². The molecule has 1 aromatic rings. The van der Waals surface area contributed by atoms with Crippen LogP contribution in [0.5, 0.6) is 0 Å². The van der Waals surface area contributed by atoms with Crippen molar-refractivity contribution < 1.29 is 8.42 Å².